The second-order valence-electron chi connectivity index (χ2n) is 9.62. The highest BCUT2D eigenvalue weighted by Gasteiger charge is 2.24. The maximum Gasteiger partial charge on any atom is 0.335 e. The summed E-state index contributed by atoms with van der Waals surface area (Å²) in [6, 6.07) is 16.4. The number of rotatable bonds is 9. The van der Waals surface area contributed by atoms with Crippen molar-refractivity contribution in [3.63, 3.8) is 0 Å². The number of nitrogens with one attached hydrogen (secondary N) is 1. The average molecular weight is 527 g/mol. The number of piperidine rings is 1. The van der Waals surface area contributed by atoms with E-state index < -0.39 is 5.97 Å². The molecule has 5 rings (SSSR count). The van der Waals surface area contributed by atoms with Crippen LogP contribution in [0.5, 0.6) is 0 Å². The lowest BCUT2D eigenvalue weighted by molar-refractivity contribution is -0.146. The standard InChI is InChI=1S/C29H30N6O4/c1-20-14-30-29(33-27(20)22-9-11-23(12-10-22)28(37)38)32-24-15-31-35(16-24)25-8-5-13-34(17-25)18-26(36)39-19-21-6-3-2-4-7-21/h2-4,6-7,9-12,14-16,25H,5,8,13,17-19H2,1H3,(H,37,38)(H,30,32,33). The summed E-state index contributed by atoms with van der Waals surface area (Å²) in [6.45, 7) is 4.00. The van der Waals surface area contributed by atoms with Crippen molar-refractivity contribution in [2.75, 3.05) is 25.0 Å². The molecule has 0 aliphatic carbocycles. The fourth-order valence-electron chi connectivity index (χ4n) is 4.65. The number of carbonyl (C=O) groups excluding carboxylic acids is 1. The molecule has 4 aromatic rings. The number of hydrogen-bond acceptors (Lipinski definition) is 8. The molecule has 0 saturated carbocycles. The van der Waals surface area contributed by atoms with Crippen molar-refractivity contribution in [1.82, 2.24) is 24.6 Å². The quantitative estimate of drug-likeness (QED) is 0.304. The first-order chi connectivity index (χ1) is 18.9. The molecule has 1 saturated heterocycles. The van der Waals surface area contributed by atoms with Crippen LogP contribution in [0.3, 0.4) is 0 Å². The minimum Gasteiger partial charge on any atom is -0.478 e. The van der Waals surface area contributed by atoms with E-state index in [2.05, 4.69) is 25.3 Å². The lowest BCUT2D eigenvalue weighted by atomic mass is 10.1. The number of benzene rings is 2. The maximum absolute atomic E-state index is 12.4. The molecule has 1 aliphatic rings. The number of likely N-dealkylation sites (tertiary alicyclic amines) is 1. The molecule has 0 radical (unpaired) electrons. The van der Waals surface area contributed by atoms with E-state index in [1.165, 1.54) is 0 Å². The summed E-state index contributed by atoms with van der Waals surface area (Å²) in [5, 5.41) is 16.9. The van der Waals surface area contributed by atoms with Gasteiger partial charge in [0.05, 0.1) is 35.7 Å². The average Bonchev–Trinajstić information content (AvgIpc) is 3.42. The molecule has 39 heavy (non-hydrogen) atoms. The van der Waals surface area contributed by atoms with Crippen LogP contribution in [0.25, 0.3) is 11.3 Å². The van der Waals surface area contributed by atoms with Gasteiger partial charge in [0, 0.05) is 24.5 Å². The molecule has 200 valence electrons. The fraction of sp³-hybridized carbons (Fsp3) is 0.276. The molecule has 0 amide bonds. The molecule has 1 unspecified atom stereocenters. The molecule has 0 bridgehead atoms. The predicted octanol–water partition coefficient (Wildman–Crippen LogP) is 4.47. The molecule has 1 atom stereocenters. The zero-order valence-electron chi connectivity index (χ0n) is 21.7. The van der Waals surface area contributed by atoms with Gasteiger partial charge in [-0.3, -0.25) is 14.4 Å². The number of esters is 1. The third-order valence-corrected chi connectivity index (χ3v) is 6.68. The number of nitrogens with zero attached hydrogens (tertiary/aromatic N) is 5. The Morgan fingerprint density at radius 2 is 1.90 bits per heavy atom. The Morgan fingerprint density at radius 1 is 1.10 bits per heavy atom. The van der Waals surface area contributed by atoms with E-state index in [4.69, 9.17) is 9.84 Å². The summed E-state index contributed by atoms with van der Waals surface area (Å²) < 4.78 is 7.38. The summed E-state index contributed by atoms with van der Waals surface area (Å²) in [7, 11) is 0. The van der Waals surface area contributed by atoms with E-state index in [9.17, 15) is 9.59 Å². The van der Waals surface area contributed by atoms with E-state index in [1.54, 1.807) is 36.7 Å². The summed E-state index contributed by atoms with van der Waals surface area (Å²) in [6.07, 6.45) is 7.32. The predicted molar refractivity (Wildman–Crippen MR) is 146 cm³/mol. The van der Waals surface area contributed by atoms with Crippen molar-refractivity contribution in [2.45, 2.75) is 32.4 Å². The lowest BCUT2D eigenvalue weighted by Crippen LogP contribution is -2.40. The van der Waals surface area contributed by atoms with Crippen LogP contribution < -0.4 is 5.32 Å². The first-order valence-corrected chi connectivity index (χ1v) is 12.8. The van der Waals surface area contributed by atoms with Crippen molar-refractivity contribution in [2.24, 2.45) is 0 Å². The highest BCUT2D eigenvalue weighted by atomic mass is 16.5. The topological polar surface area (TPSA) is 122 Å². The second kappa shape index (κ2) is 11.9. The number of anilines is 2. The van der Waals surface area contributed by atoms with Crippen LogP contribution in [0, 0.1) is 6.92 Å². The Bertz CT molecular complexity index is 1440. The monoisotopic (exact) mass is 526 g/mol. The van der Waals surface area contributed by atoms with Gasteiger partial charge < -0.3 is 15.2 Å². The van der Waals surface area contributed by atoms with E-state index >= 15 is 0 Å². The summed E-state index contributed by atoms with van der Waals surface area (Å²) >= 11 is 0. The van der Waals surface area contributed by atoms with E-state index in [1.807, 2.05) is 48.1 Å². The van der Waals surface area contributed by atoms with E-state index in [-0.39, 0.29) is 30.7 Å². The molecule has 0 spiro atoms. The van der Waals surface area contributed by atoms with Gasteiger partial charge >= 0.3 is 11.9 Å². The minimum absolute atomic E-state index is 0.137. The second-order valence-corrected chi connectivity index (χ2v) is 9.62. The number of aromatic carboxylic acids is 1. The van der Waals surface area contributed by atoms with Gasteiger partial charge in [0.15, 0.2) is 0 Å². The number of hydrogen-bond donors (Lipinski definition) is 2. The Hall–Kier alpha value is -4.57. The first-order valence-electron chi connectivity index (χ1n) is 12.8. The largest absolute Gasteiger partial charge is 0.478 e. The molecule has 1 fully saturated rings. The number of carboxylic acids is 1. The molecular formula is C29H30N6O4. The van der Waals surface area contributed by atoms with E-state index in [0.29, 0.717) is 12.5 Å². The minimum atomic E-state index is -0.968. The Labute approximate surface area is 226 Å². The van der Waals surface area contributed by atoms with Crippen LogP contribution in [-0.2, 0) is 16.1 Å². The Morgan fingerprint density at radius 3 is 2.67 bits per heavy atom. The van der Waals surface area contributed by atoms with Crippen molar-refractivity contribution in [1.29, 1.82) is 0 Å². The van der Waals surface area contributed by atoms with Crippen LogP contribution in [0.2, 0.25) is 0 Å². The molecule has 2 N–H and O–H groups in total. The number of carboxylic acid groups (broad SMARTS) is 1. The molecule has 1 aliphatic heterocycles. The zero-order chi connectivity index (χ0) is 27.2. The lowest BCUT2D eigenvalue weighted by Gasteiger charge is -2.32. The Balaban J connectivity index is 1.19. The molecule has 2 aromatic carbocycles. The highest BCUT2D eigenvalue weighted by molar-refractivity contribution is 5.88. The van der Waals surface area contributed by atoms with Crippen LogP contribution in [0.15, 0.2) is 73.2 Å². The summed E-state index contributed by atoms with van der Waals surface area (Å²) in [5.41, 5.74) is 4.36. The van der Waals surface area contributed by atoms with Gasteiger partial charge in [-0.25, -0.2) is 14.8 Å². The third kappa shape index (κ3) is 6.66. The van der Waals surface area contributed by atoms with Crippen LogP contribution >= 0.6 is 0 Å². The van der Waals surface area contributed by atoms with Gasteiger partial charge in [-0.05, 0) is 49.6 Å². The number of aromatic nitrogens is 4. The highest BCUT2D eigenvalue weighted by Crippen LogP contribution is 2.25. The van der Waals surface area contributed by atoms with E-state index in [0.717, 1.165) is 47.5 Å². The van der Waals surface area contributed by atoms with Crippen LogP contribution in [0.1, 0.15) is 40.4 Å². The smallest absolute Gasteiger partial charge is 0.335 e. The normalized spacial score (nSPS) is 15.6. The fourth-order valence-corrected chi connectivity index (χ4v) is 4.65. The summed E-state index contributed by atoms with van der Waals surface area (Å²) in [4.78, 5) is 34.7. The Kier molecular flexibility index (Phi) is 7.93. The van der Waals surface area contributed by atoms with Gasteiger partial charge in [-0.1, -0.05) is 42.5 Å². The molecule has 2 aromatic heterocycles. The van der Waals surface area contributed by atoms with Crippen molar-refractivity contribution < 1.29 is 19.4 Å². The van der Waals surface area contributed by atoms with Gasteiger partial charge in [-0.2, -0.15) is 5.10 Å². The van der Waals surface area contributed by atoms with Gasteiger partial charge in [-0.15, -0.1) is 0 Å². The first kappa shape index (κ1) is 26.1. The van der Waals surface area contributed by atoms with Gasteiger partial charge in [0.1, 0.15) is 6.61 Å². The molecule has 10 nitrogen and oxygen atoms in total. The molecular weight excluding hydrogens is 496 g/mol. The summed E-state index contributed by atoms with van der Waals surface area (Å²) in [5.74, 6) is -0.777. The number of aryl methyl sites for hydroxylation is 1. The van der Waals surface area contributed by atoms with Crippen molar-refractivity contribution >= 4 is 23.6 Å². The maximum atomic E-state index is 12.4. The zero-order valence-corrected chi connectivity index (χ0v) is 21.7. The van der Waals surface area contributed by atoms with Crippen molar-refractivity contribution in [3.8, 4) is 11.3 Å². The molecule has 10 heteroatoms. The van der Waals surface area contributed by atoms with Gasteiger partial charge in [0.25, 0.3) is 0 Å². The SMILES string of the molecule is Cc1cnc(Nc2cnn(C3CCCN(CC(=O)OCc4ccccc4)C3)c2)nc1-c1ccc(C(=O)O)cc1. The number of carbonyl (C=O) groups is 2. The van der Waals surface area contributed by atoms with Crippen LogP contribution in [-0.4, -0.2) is 61.3 Å². The van der Waals surface area contributed by atoms with Gasteiger partial charge in [0.2, 0.25) is 5.95 Å². The molecule has 3 heterocycles. The van der Waals surface area contributed by atoms with Crippen molar-refractivity contribution in [3.05, 3.63) is 89.9 Å². The third-order valence-electron chi connectivity index (χ3n) is 6.68. The van der Waals surface area contributed by atoms with Crippen LogP contribution in [0.4, 0.5) is 11.6 Å². The number of ether oxygens (including phenoxy) is 1.